The number of nitrogens with one attached hydrogen (secondary N) is 1. The molecule has 4 bridgehead atoms. The van der Waals surface area contributed by atoms with Gasteiger partial charge in [-0.3, -0.25) is 0 Å². The minimum atomic E-state index is -4.94. The first-order valence-electron chi connectivity index (χ1n) is 7.68. The highest BCUT2D eigenvalue weighted by Crippen LogP contribution is 2.53. The van der Waals surface area contributed by atoms with Gasteiger partial charge < -0.3 is 0 Å². The van der Waals surface area contributed by atoms with Crippen molar-refractivity contribution in [1.82, 2.24) is 0 Å². The van der Waals surface area contributed by atoms with Crippen LogP contribution in [0.1, 0.15) is 59.3 Å². The van der Waals surface area contributed by atoms with Crippen molar-refractivity contribution in [3.8, 4) is 0 Å². The molecule has 5 nitrogen and oxygen atoms in total. The summed E-state index contributed by atoms with van der Waals surface area (Å²) in [6.07, 6.45) is 11.3. The fourth-order valence-electron chi connectivity index (χ4n) is 4.66. The van der Waals surface area contributed by atoms with Crippen LogP contribution in [0.4, 0.5) is 0 Å². The van der Waals surface area contributed by atoms with Gasteiger partial charge in [0, 0.05) is 24.7 Å². The van der Waals surface area contributed by atoms with Gasteiger partial charge in [0.15, 0.2) is 5.54 Å². The van der Waals surface area contributed by atoms with E-state index < -0.39 is 10.2 Å². The molecule has 0 aromatic heterocycles. The summed E-state index contributed by atoms with van der Waals surface area (Å²) in [5.74, 6) is 3.14. The van der Waals surface area contributed by atoms with E-state index in [0.717, 1.165) is 17.8 Å². The Kier molecular flexibility index (Phi) is 4.72. The normalized spacial score (nSPS) is 38.5. The van der Waals surface area contributed by atoms with E-state index in [1.54, 1.807) is 0 Å². The first kappa shape index (κ1) is 17.2. The quantitative estimate of drug-likeness (QED) is 0.535. The van der Waals surface area contributed by atoms with E-state index in [4.69, 9.17) is 18.6 Å². The van der Waals surface area contributed by atoms with Gasteiger partial charge in [0.2, 0.25) is 0 Å². The summed E-state index contributed by atoms with van der Waals surface area (Å²) in [6, 6.07) is 0. The number of halogens is 1. The average molecular weight is 320 g/mol. The van der Waals surface area contributed by atoms with Gasteiger partial charge in [0.1, 0.15) is 6.21 Å². The molecular formula is C15H26ClNO4. The van der Waals surface area contributed by atoms with Crippen molar-refractivity contribution in [2.75, 3.05) is 0 Å². The fraction of sp³-hybridized carbons (Fsp3) is 0.933. The third kappa shape index (κ3) is 5.49. The Balaban J connectivity index is 0.000000282. The van der Waals surface area contributed by atoms with Gasteiger partial charge in [-0.05, 0) is 37.0 Å². The standard InChI is InChI=1S/C15H25N.ClHO4/c1-14(2,3)10-16-15-7-11-4-12(8-15)6-13(5-11)9-15;2-1(3,4)5/h10-13H,4-9H2,1-3H3;(H,2,3,4,5). The maximum absolute atomic E-state index is 8.49. The number of hydrogen-bond donors (Lipinski definition) is 1. The minimum absolute atomic E-state index is 0.309. The van der Waals surface area contributed by atoms with Crippen LogP contribution >= 0.6 is 0 Å². The lowest BCUT2D eigenvalue weighted by atomic mass is 9.53. The zero-order valence-electron chi connectivity index (χ0n) is 13.1. The highest BCUT2D eigenvalue weighted by Gasteiger charge is 2.54. The van der Waals surface area contributed by atoms with Gasteiger partial charge in [0.05, 0.1) is 0 Å². The van der Waals surface area contributed by atoms with Gasteiger partial charge in [-0.1, -0.05) is 20.8 Å². The van der Waals surface area contributed by atoms with Crippen LogP contribution in [0.2, 0.25) is 0 Å². The molecule has 4 aliphatic carbocycles. The summed E-state index contributed by atoms with van der Waals surface area (Å²) < 4.78 is 34.0. The zero-order chi connectivity index (χ0) is 15.9. The molecule has 0 saturated heterocycles. The lowest BCUT2D eigenvalue weighted by Crippen LogP contribution is -2.89. The van der Waals surface area contributed by atoms with Crippen LogP contribution in [0, 0.1) is 33.4 Å². The van der Waals surface area contributed by atoms with Crippen LogP contribution in [-0.4, -0.2) is 11.8 Å². The Labute approximate surface area is 128 Å². The maximum atomic E-state index is 8.49. The van der Waals surface area contributed by atoms with E-state index in [9.17, 15) is 0 Å². The van der Waals surface area contributed by atoms with Crippen molar-refractivity contribution in [3.63, 3.8) is 0 Å². The SMILES string of the molecule is CC(C)(C)C=[NH+]C12CC3CC(CC(C3)C1)C2.[O-][Cl+3]([O-])([O-])[O-]. The van der Waals surface area contributed by atoms with Crippen LogP contribution in [0.5, 0.6) is 0 Å². The molecule has 4 rings (SSSR count). The first-order chi connectivity index (χ1) is 9.44. The van der Waals surface area contributed by atoms with Crippen LogP contribution in [0.15, 0.2) is 0 Å². The Bertz CT molecular complexity index is 356. The van der Waals surface area contributed by atoms with Gasteiger partial charge in [-0.2, -0.15) is 0 Å². The zero-order valence-corrected chi connectivity index (χ0v) is 13.8. The smallest absolute Gasteiger partial charge is 0.160 e. The molecule has 122 valence electrons. The monoisotopic (exact) mass is 319 g/mol. The second-order valence-corrected chi connectivity index (χ2v) is 8.99. The lowest BCUT2D eigenvalue weighted by Gasteiger charge is -2.52. The van der Waals surface area contributed by atoms with Crippen LogP contribution < -0.4 is 23.6 Å². The molecule has 0 unspecified atom stereocenters. The molecule has 0 aromatic rings. The summed E-state index contributed by atoms with van der Waals surface area (Å²) in [5.41, 5.74) is 0.811. The third-order valence-corrected chi connectivity index (χ3v) is 4.85. The minimum Gasteiger partial charge on any atom is -0.246 e. The summed E-state index contributed by atoms with van der Waals surface area (Å²) in [5, 5.41) is 0. The van der Waals surface area contributed by atoms with Gasteiger partial charge in [-0.15, -0.1) is 10.2 Å². The Morgan fingerprint density at radius 2 is 1.24 bits per heavy atom. The van der Waals surface area contributed by atoms with E-state index in [2.05, 4.69) is 32.0 Å². The molecule has 1 N–H and O–H groups in total. The highest BCUT2D eigenvalue weighted by molar-refractivity contribution is 5.57. The van der Waals surface area contributed by atoms with Gasteiger partial charge in [-0.25, -0.2) is 23.6 Å². The Morgan fingerprint density at radius 1 is 0.905 bits per heavy atom. The van der Waals surface area contributed by atoms with E-state index in [1.807, 2.05) is 0 Å². The summed E-state index contributed by atoms with van der Waals surface area (Å²) >= 11 is 0. The van der Waals surface area contributed by atoms with Crippen LogP contribution in [-0.2, 0) is 0 Å². The molecule has 0 spiro atoms. The van der Waals surface area contributed by atoms with E-state index >= 15 is 0 Å². The second-order valence-electron chi connectivity index (χ2n) is 8.23. The molecule has 21 heavy (non-hydrogen) atoms. The number of rotatable bonds is 1. The predicted molar refractivity (Wildman–Crippen MR) is 67.4 cm³/mol. The third-order valence-electron chi connectivity index (χ3n) is 4.85. The number of hydrogen-bond acceptors (Lipinski definition) is 4. The van der Waals surface area contributed by atoms with Crippen molar-refractivity contribution in [3.05, 3.63) is 0 Å². The van der Waals surface area contributed by atoms with Crippen LogP contribution in [0.25, 0.3) is 0 Å². The van der Waals surface area contributed by atoms with Gasteiger partial charge in [0.25, 0.3) is 0 Å². The molecule has 0 aliphatic heterocycles. The van der Waals surface area contributed by atoms with Crippen LogP contribution in [0.3, 0.4) is 0 Å². The maximum Gasteiger partial charge on any atom is 0.160 e. The summed E-state index contributed by atoms with van der Waals surface area (Å²) in [6.45, 7) is 6.88. The predicted octanol–water partition coefficient (Wildman–Crippen LogP) is -2.60. The molecule has 4 aliphatic rings. The highest BCUT2D eigenvalue weighted by atomic mass is 35.7. The molecular weight excluding hydrogens is 294 g/mol. The van der Waals surface area contributed by atoms with E-state index in [-0.39, 0.29) is 0 Å². The molecule has 0 heterocycles. The molecule has 6 heteroatoms. The van der Waals surface area contributed by atoms with Crippen molar-refractivity contribution in [2.45, 2.75) is 64.8 Å². The summed E-state index contributed by atoms with van der Waals surface area (Å²) in [7, 11) is -4.94. The molecule has 0 aromatic carbocycles. The lowest BCUT2D eigenvalue weighted by molar-refractivity contribution is -2.00. The van der Waals surface area contributed by atoms with Crippen molar-refractivity contribution in [2.24, 2.45) is 23.2 Å². The van der Waals surface area contributed by atoms with Crippen molar-refractivity contribution >= 4 is 6.21 Å². The first-order valence-corrected chi connectivity index (χ1v) is 8.91. The second kappa shape index (κ2) is 5.78. The van der Waals surface area contributed by atoms with E-state index in [0.29, 0.717) is 11.0 Å². The molecule has 4 saturated carbocycles. The largest absolute Gasteiger partial charge is 0.246 e. The fourth-order valence-corrected chi connectivity index (χ4v) is 4.66. The Hall–Kier alpha value is -0.200. The Morgan fingerprint density at radius 3 is 1.52 bits per heavy atom. The molecule has 0 atom stereocenters. The average Bonchev–Trinajstić information content (AvgIpc) is 2.21. The van der Waals surface area contributed by atoms with Crippen molar-refractivity contribution in [1.29, 1.82) is 0 Å². The summed E-state index contributed by atoms with van der Waals surface area (Å²) in [4.78, 5) is 3.84. The van der Waals surface area contributed by atoms with Crippen molar-refractivity contribution < 1.29 is 33.9 Å². The topological polar surface area (TPSA) is 106 Å². The molecule has 4 fully saturated rings. The van der Waals surface area contributed by atoms with E-state index in [1.165, 1.54) is 38.5 Å². The molecule has 0 amide bonds. The molecule has 0 radical (unpaired) electrons. The van der Waals surface area contributed by atoms with Gasteiger partial charge >= 0.3 is 0 Å².